The summed E-state index contributed by atoms with van der Waals surface area (Å²) < 4.78 is 34.9. The highest BCUT2D eigenvalue weighted by atomic mass is 19.1. The predicted octanol–water partition coefficient (Wildman–Crippen LogP) is 6.57. The first kappa shape index (κ1) is 39.4. The summed E-state index contributed by atoms with van der Waals surface area (Å²) in [6.45, 7) is 3.56. The van der Waals surface area contributed by atoms with E-state index in [1.807, 2.05) is 6.07 Å². The van der Waals surface area contributed by atoms with Crippen LogP contribution >= 0.6 is 0 Å². The van der Waals surface area contributed by atoms with E-state index in [1.165, 1.54) is 16.8 Å². The van der Waals surface area contributed by atoms with Crippen molar-refractivity contribution in [2.24, 2.45) is 0 Å². The van der Waals surface area contributed by atoms with Crippen molar-refractivity contribution in [3.8, 4) is 22.9 Å². The van der Waals surface area contributed by atoms with Gasteiger partial charge in [-0.1, -0.05) is 36.4 Å². The van der Waals surface area contributed by atoms with Gasteiger partial charge in [0, 0.05) is 29.4 Å². The van der Waals surface area contributed by atoms with Crippen LogP contribution in [-0.4, -0.2) is 76.1 Å². The second-order valence-electron chi connectivity index (χ2n) is 12.6. The number of aromatic nitrogens is 3. The Bertz CT molecular complexity index is 2360. The number of anilines is 1. The number of rotatable bonds is 12. The Balaban J connectivity index is 0.000000566. The molecule has 0 aliphatic heterocycles. The van der Waals surface area contributed by atoms with Gasteiger partial charge >= 0.3 is 11.9 Å². The number of hydrogen-bond acceptors (Lipinski definition) is 9. The van der Waals surface area contributed by atoms with Gasteiger partial charge in [-0.2, -0.15) is 0 Å². The van der Waals surface area contributed by atoms with Crippen LogP contribution in [0.2, 0.25) is 0 Å². The molecule has 0 saturated heterocycles. The molecule has 6 rings (SSSR count). The monoisotopic (exact) mass is 749 g/mol. The molecular weight excluding hydrogens is 709 g/mol. The second kappa shape index (κ2) is 17.8. The van der Waals surface area contributed by atoms with Crippen LogP contribution in [0.1, 0.15) is 33.3 Å². The number of nitrogens with one attached hydrogen (secondary N) is 1. The van der Waals surface area contributed by atoms with Crippen LogP contribution in [0.4, 0.5) is 10.1 Å². The molecule has 0 unspecified atom stereocenters. The van der Waals surface area contributed by atoms with E-state index in [0.717, 1.165) is 6.07 Å². The van der Waals surface area contributed by atoms with Crippen molar-refractivity contribution in [1.29, 1.82) is 0 Å². The van der Waals surface area contributed by atoms with E-state index in [1.54, 1.807) is 130 Å². The molecule has 0 saturated carbocycles. The summed E-state index contributed by atoms with van der Waals surface area (Å²) in [4.78, 5) is 55.7. The van der Waals surface area contributed by atoms with Crippen molar-refractivity contribution in [2.75, 3.05) is 33.1 Å². The minimum Gasteiger partial charge on any atom is -0.497 e. The first-order chi connectivity index (χ1) is 26.4. The number of pyridine rings is 1. The van der Waals surface area contributed by atoms with E-state index in [9.17, 15) is 19.2 Å². The summed E-state index contributed by atoms with van der Waals surface area (Å²) in [5.41, 5.74) is 1.25. The van der Waals surface area contributed by atoms with Crippen molar-refractivity contribution in [3.05, 3.63) is 142 Å². The summed E-state index contributed by atoms with van der Waals surface area (Å²) in [5, 5.41) is 11.7. The SMILES string of the molecule is COc1ccc2c(Oc3ccc(NC(=O)c4c(C)n(C[C@H](C)OC(=O)CN(C)C)n(-c5ccccc5)c4=O)cc3F)ccnc2c1.O=C(O)c1ccccc1. The minimum atomic E-state index is -0.879. The Kier molecular flexibility index (Phi) is 12.8. The van der Waals surface area contributed by atoms with Crippen molar-refractivity contribution in [1.82, 2.24) is 19.2 Å². The van der Waals surface area contributed by atoms with Crippen LogP contribution in [0.3, 0.4) is 0 Å². The third-order valence-electron chi connectivity index (χ3n) is 8.17. The largest absolute Gasteiger partial charge is 0.497 e. The molecule has 14 heteroatoms. The number of ether oxygens (including phenoxy) is 3. The fourth-order valence-electron chi connectivity index (χ4n) is 5.63. The van der Waals surface area contributed by atoms with Crippen LogP contribution < -0.4 is 20.3 Å². The Morgan fingerprint density at radius 3 is 2.24 bits per heavy atom. The van der Waals surface area contributed by atoms with Gasteiger partial charge in [-0.05, 0) is 82.5 Å². The second-order valence-corrected chi connectivity index (χ2v) is 12.6. The van der Waals surface area contributed by atoms with Gasteiger partial charge in [0.1, 0.15) is 23.2 Å². The van der Waals surface area contributed by atoms with Crippen molar-refractivity contribution < 1.29 is 38.1 Å². The molecule has 284 valence electrons. The number of esters is 1. The van der Waals surface area contributed by atoms with Crippen LogP contribution in [0, 0.1) is 12.7 Å². The maximum Gasteiger partial charge on any atom is 0.335 e. The number of benzene rings is 4. The minimum absolute atomic E-state index is 0.0621. The number of carboxylic acid groups (broad SMARTS) is 1. The highest BCUT2D eigenvalue weighted by molar-refractivity contribution is 6.05. The number of nitrogens with zero attached hydrogens (tertiary/aromatic N) is 4. The normalized spacial score (nSPS) is 11.3. The maximum absolute atomic E-state index is 15.3. The fraction of sp³-hybridized carbons (Fsp3) is 0.195. The first-order valence-corrected chi connectivity index (χ1v) is 17.1. The van der Waals surface area contributed by atoms with Gasteiger partial charge in [-0.3, -0.25) is 28.9 Å². The van der Waals surface area contributed by atoms with Crippen molar-refractivity contribution in [3.63, 3.8) is 0 Å². The van der Waals surface area contributed by atoms with Gasteiger partial charge < -0.3 is 24.6 Å². The fourth-order valence-corrected chi connectivity index (χ4v) is 5.63. The highest BCUT2D eigenvalue weighted by Gasteiger charge is 2.26. The molecule has 0 radical (unpaired) electrons. The molecule has 4 aromatic carbocycles. The molecular formula is C41H40FN5O8. The van der Waals surface area contributed by atoms with Gasteiger partial charge in [0.05, 0.1) is 42.7 Å². The topological polar surface area (TPSA) is 154 Å². The molecule has 0 fully saturated rings. The highest BCUT2D eigenvalue weighted by Crippen LogP contribution is 2.33. The standard InChI is InChI=1S/C34H34FN5O6.C7H6O2/c1-21(45-31(41)20-38(3)4)19-39-22(2)32(34(43)40(39)24-9-7-6-8-10-24)33(42)37-23-11-14-30(27(35)17-23)46-29-15-16-36-28-18-25(44-5)12-13-26(28)29;8-7(9)6-4-2-1-3-5-6/h6-18,21H,19-20H2,1-5H3,(H,37,42);1-5H,(H,8,9)/t21-;/m0./s1. The van der Waals surface area contributed by atoms with E-state index in [-0.39, 0.29) is 30.1 Å². The van der Waals surface area contributed by atoms with Crippen LogP contribution in [0.15, 0.2) is 114 Å². The van der Waals surface area contributed by atoms with Crippen molar-refractivity contribution >= 4 is 34.4 Å². The molecule has 0 aliphatic rings. The third kappa shape index (κ3) is 9.80. The molecule has 1 amide bonds. The zero-order chi connectivity index (χ0) is 39.6. The third-order valence-corrected chi connectivity index (χ3v) is 8.17. The molecule has 13 nitrogen and oxygen atoms in total. The molecule has 6 aromatic rings. The summed E-state index contributed by atoms with van der Waals surface area (Å²) in [6, 6.07) is 28.0. The molecule has 1 atom stereocenters. The Hall–Kier alpha value is -6.80. The number of methoxy groups -OCH3 is 1. The van der Waals surface area contributed by atoms with E-state index in [0.29, 0.717) is 39.3 Å². The molecule has 0 aliphatic carbocycles. The van der Waals surface area contributed by atoms with Crippen LogP contribution in [0.25, 0.3) is 16.6 Å². The van der Waals surface area contributed by atoms with E-state index >= 15 is 4.39 Å². The molecule has 55 heavy (non-hydrogen) atoms. The number of aromatic carboxylic acids is 1. The molecule has 0 bridgehead atoms. The molecule has 2 aromatic heterocycles. The Morgan fingerprint density at radius 2 is 1.62 bits per heavy atom. The number of para-hydroxylation sites is 1. The maximum atomic E-state index is 15.3. The number of likely N-dealkylation sites (N-methyl/N-ethyl adjacent to an activating group) is 1. The van der Waals surface area contributed by atoms with Crippen LogP contribution in [-0.2, 0) is 16.1 Å². The summed E-state index contributed by atoms with van der Waals surface area (Å²) in [7, 11) is 5.07. The number of carbonyl (C=O) groups is 3. The first-order valence-electron chi connectivity index (χ1n) is 17.1. The lowest BCUT2D eigenvalue weighted by Gasteiger charge is -2.19. The van der Waals surface area contributed by atoms with Gasteiger partial charge in [-0.15, -0.1) is 0 Å². The lowest BCUT2D eigenvalue weighted by Crippen LogP contribution is -2.31. The lowest BCUT2D eigenvalue weighted by atomic mass is 10.2. The number of amides is 1. The summed E-state index contributed by atoms with van der Waals surface area (Å²) in [6.07, 6.45) is 0.944. The number of fused-ring (bicyclic) bond motifs is 1. The van der Waals surface area contributed by atoms with Crippen molar-refractivity contribution in [2.45, 2.75) is 26.5 Å². The molecule has 0 spiro atoms. The lowest BCUT2D eigenvalue weighted by molar-refractivity contribution is -0.149. The smallest absolute Gasteiger partial charge is 0.335 e. The van der Waals surface area contributed by atoms with Gasteiger partial charge in [0.25, 0.3) is 11.5 Å². The summed E-state index contributed by atoms with van der Waals surface area (Å²) >= 11 is 0. The van der Waals surface area contributed by atoms with E-state index < -0.39 is 35.3 Å². The average molecular weight is 750 g/mol. The van der Waals surface area contributed by atoms with Crippen LogP contribution in [0.5, 0.6) is 17.2 Å². The Labute approximate surface area is 316 Å². The van der Waals surface area contributed by atoms with Gasteiger partial charge in [-0.25, -0.2) is 13.9 Å². The van der Waals surface area contributed by atoms with Gasteiger partial charge in [0.2, 0.25) is 0 Å². The number of halogens is 1. The Morgan fingerprint density at radius 1 is 0.927 bits per heavy atom. The average Bonchev–Trinajstić information content (AvgIpc) is 3.40. The van der Waals surface area contributed by atoms with Gasteiger partial charge in [0.15, 0.2) is 11.6 Å². The summed E-state index contributed by atoms with van der Waals surface area (Å²) in [5.74, 6) is -1.78. The molecule has 2 N–H and O–H groups in total. The zero-order valence-corrected chi connectivity index (χ0v) is 30.9. The number of hydrogen-bond donors (Lipinski definition) is 2. The zero-order valence-electron chi connectivity index (χ0n) is 30.9. The molecule has 2 heterocycles. The van der Waals surface area contributed by atoms with E-state index in [2.05, 4.69) is 10.3 Å². The van der Waals surface area contributed by atoms with E-state index in [4.69, 9.17) is 19.3 Å². The predicted molar refractivity (Wildman–Crippen MR) is 205 cm³/mol. The number of carboxylic acids is 1. The quantitative estimate of drug-likeness (QED) is 0.131. The number of carbonyl (C=O) groups excluding carboxylic acids is 2.